The maximum atomic E-state index is 13.3. The average molecular weight is 401 g/mol. The lowest BCUT2D eigenvalue weighted by Gasteiger charge is -2.31. The molecule has 10 heteroatoms. The highest BCUT2D eigenvalue weighted by Gasteiger charge is 2.31. The number of carbonyl (C=O) groups is 2. The van der Waals surface area contributed by atoms with Crippen molar-refractivity contribution in [3.05, 3.63) is 30.1 Å². The Kier molecular flexibility index (Phi) is 7.28. The number of benzene rings is 1. The fraction of sp³-hybridized carbons (Fsp3) is 0.529. The van der Waals surface area contributed by atoms with Crippen LogP contribution in [-0.4, -0.2) is 63.4 Å². The monoisotopic (exact) mass is 401 g/mol. The molecule has 1 aromatic rings. The number of amides is 3. The first kappa shape index (κ1) is 21.3. The quantitative estimate of drug-likeness (QED) is 0.589. The molecule has 3 N–H and O–H groups in total. The third-order valence-electron chi connectivity index (χ3n) is 4.52. The van der Waals surface area contributed by atoms with E-state index in [1.54, 1.807) is 0 Å². The van der Waals surface area contributed by atoms with E-state index < -0.39 is 27.8 Å². The van der Waals surface area contributed by atoms with Crippen LogP contribution in [-0.2, 0) is 14.8 Å². The highest BCUT2D eigenvalue weighted by atomic mass is 32.2. The minimum absolute atomic E-state index is 0.0262. The zero-order valence-corrected chi connectivity index (χ0v) is 16.3. The van der Waals surface area contributed by atoms with E-state index >= 15 is 0 Å². The fourth-order valence-electron chi connectivity index (χ4n) is 2.76. The zero-order chi connectivity index (χ0) is 20.0. The Morgan fingerprint density at radius 1 is 1.30 bits per heavy atom. The number of quaternary nitrogens is 1. The second-order valence-electron chi connectivity index (χ2n) is 6.62. The van der Waals surface area contributed by atoms with Crippen molar-refractivity contribution in [1.29, 1.82) is 0 Å². The van der Waals surface area contributed by atoms with Crippen LogP contribution in [0.4, 0.5) is 9.18 Å². The first-order valence-electron chi connectivity index (χ1n) is 8.92. The second kappa shape index (κ2) is 9.25. The SMILES string of the molecule is CC[C@@H](C)NC(=O)NC(=O)C[NH+]1CCN(S(=O)(=O)c2cccc(F)c2)CC1. The molecule has 1 aromatic carbocycles. The van der Waals surface area contributed by atoms with Crippen LogP contribution in [0.15, 0.2) is 29.2 Å². The lowest BCUT2D eigenvalue weighted by Crippen LogP contribution is -3.15. The third-order valence-corrected chi connectivity index (χ3v) is 6.41. The molecule has 0 radical (unpaired) electrons. The number of urea groups is 1. The smallest absolute Gasteiger partial charge is 0.321 e. The van der Waals surface area contributed by atoms with Crippen molar-refractivity contribution in [3.63, 3.8) is 0 Å². The minimum atomic E-state index is -3.76. The molecule has 8 nitrogen and oxygen atoms in total. The van der Waals surface area contributed by atoms with Crippen LogP contribution in [0.25, 0.3) is 0 Å². The van der Waals surface area contributed by atoms with Crippen molar-refractivity contribution in [2.45, 2.75) is 31.2 Å². The van der Waals surface area contributed by atoms with Gasteiger partial charge in [-0.05, 0) is 31.5 Å². The molecule has 1 aliphatic heterocycles. The van der Waals surface area contributed by atoms with E-state index in [4.69, 9.17) is 0 Å². The summed E-state index contributed by atoms with van der Waals surface area (Å²) in [7, 11) is -3.76. The lowest BCUT2D eigenvalue weighted by atomic mass is 10.3. The van der Waals surface area contributed by atoms with E-state index in [0.29, 0.717) is 13.1 Å². The second-order valence-corrected chi connectivity index (χ2v) is 8.56. The molecule has 150 valence electrons. The van der Waals surface area contributed by atoms with Gasteiger partial charge in [0, 0.05) is 6.04 Å². The summed E-state index contributed by atoms with van der Waals surface area (Å²) >= 11 is 0. The average Bonchev–Trinajstić information content (AvgIpc) is 2.61. The highest BCUT2D eigenvalue weighted by Crippen LogP contribution is 2.16. The van der Waals surface area contributed by atoms with E-state index in [0.717, 1.165) is 17.4 Å². The van der Waals surface area contributed by atoms with Gasteiger partial charge in [-0.15, -0.1) is 0 Å². The van der Waals surface area contributed by atoms with Crippen molar-refractivity contribution in [2.24, 2.45) is 0 Å². The first-order valence-corrected chi connectivity index (χ1v) is 10.4. The largest absolute Gasteiger partial charge is 0.335 e. The molecule has 1 atom stereocenters. The third kappa shape index (κ3) is 5.98. The van der Waals surface area contributed by atoms with Gasteiger partial charge in [-0.25, -0.2) is 17.6 Å². The number of halogens is 1. The van der Waals surface area contributed by atoms with Gasteiger partial charge in [0.25, 0.3) is 5.91 Å². The number of sulfonamides is 1. The number of nitrogens with one attached hydrogen (secondary N) is 3. The fourth-order valence-corrected chi connectivity index (χ4v) is 4.23. The zero-order valence-electron chi connectivity index (χ0n) is 15.5. The van der Waals surface area contributed by atoms with Gasteiger partial charge < -0.3 is 10.2 Å². The molecule has 0 aliphatic carbocycles. The molecule has 1 heterocycles. The first-order chi connectivity index (χ1) is 12.7. The maximum absolute atomic E-state index is 13.3. The molecule has 0 unspecified atom stereocenters. The predicted molar refractivity (Wildman–Crippen MR) is 97.1 cm³/mol. The van der Waals surface area contributed by atoms with E-state index in [-0.39, 0.29) is 30.6 Å². The Labute approximate surface area is 158 Å². The molecular weight excluding hydrogens is 375 g/mol. The normalized spacial score (nSPS) is 17.3. The van der Waals surface area contributed by atoms with Crippen molar-refractivity contribution < 1.29 is 27.3 Å². The Hall–Kier alpha value is -2.04. The van der Waals surface area contributed by atoms with Gasteiger partial charge >= 0.3 is 6.03 Å². The summed E-state index contributed by atoms with van der Waals surface area (Å²) in [6, 6.07) is 4.36. The van der Waals surface area contributed by atoms with Crippen LogP contribution in [0.1, 0.15) is 20.3 Å². The van der Waals surface area contributed by atoms with Gasteiger partial charge in [-0.3, -0.25) is 10.1 Å². The summed E-state index contributed by atoms with van der Waals surface area (Å²) in [6.07, 6.45) is 0.759. The van der Waals surface area contributed by atoms with Crippen molar-refractivity contribution >= 4 is 22.0 Å². The van der Waals surface area contributed by atoms with E-state index in [1.165, 1.54) is 22.5 Å². The molecule has 27 heavy (non-hydrogen) atoms. The van der Waals surface area contributed by atoms with Crippen LogP contribution in [0.3, 0.4) is 0 Å². The standard InChI is InChI=1S/C17H25FN4O4S/c1-3-13(2)19-17(24)20-16(23)12-21-7-9-22(10-8-21)27(25,26)15-6-4-5-14(18)11-15/h4-6,11,13H,3,7-10,12H2,1-2H3,(H2,19,20,23,24)/p+1/t13-/m1/s1. The molecule has 3 amide bonds. The maximum Gasteiger partial charge on any atom is 0.321 e. The van der Waals surface area contributed by atoms with Crippen LogP contribution < -0.4 is 15.5 Å². The highest BCUT2D eigenvalue weighted by molar-refractivity contribution is 7.89. The van der Waals surface area contributed by atoms with Crippen molar-refractivity contribution in [3.8, 4) is 0 Å². The van der Waals surface area contributed by atoms with Gasteiger partial charge in [-0.2, -0.15) is 4.31 Å². The van der Waals surface area contributed by atoms with Crippen LogP contribution >= 0.6 is 0 Å². The van der Waals surface area contributed by atoms with Crippen molar-refractivity contribution in [2.75, 3.05) is 32.7 Å². The molecule has 1 saturated heterocycles. The summed E-state index contributed by atoms with van der Waals surface area (Å²) in [5.41, 5.74) is 0. The lowest BCUT2D eigenvalue weighted by molar-refractivity contribution is -0.895. The molecule has 1 aliphatic rings. The number of hydrogen-bond donors (Lipinski definition) is 3. The number of rotatable bonds is 6. The van der Waals surface area contributed by atoms with Gasteiger partial charge in [0.1, 0.15) is 5.82 Å². The summed E-state index contributed by atoms with van der Waals surface area (Å²) in [4.78, 5) is 24.4. The molecule has 0 bridgehead atoms. The molecule has 1 fully saturated rings. The molecule has 0 aromatic heterocycles. The number of hydrogen-bond acceptors (Lipinski definition) is 4. The topological polar surface area (TPSA) is 100 Å². The summed E-state index contributed by atoms with van der Waals surface area (Å²) in [5, 5.41) is 4.93. The summed E-state index contributed by atoms with van der Waals surface area (Å²) in [6.45, 7) is 5.15. The van der Waals surface area contributed by atoms with Gasteiger partial charge in [0.15, 0.2) is 6.54 Å². The van der Waals surface area contributed by atoms with Crippen LogP contribution in [0.5, 0.6) is 0 Å². The molecule has 2 rings (SSSR count). The number of carbonyl (C=O) groups excluding carboxylic acids is 2. The molecule has 0 saturated carbocycles. The Bertz CT molecular complexity index is 779. The van der Waals surface area contributed by atoms with Crippen LogP contribution in [0, 0.1) is 5.82 Å². The van der Waals surface area contributed by atoms with Gasteiger partial charge in [-0.1, -0.05) is 13.0 Å². The van der Waals surface area contributed by atoms with E-state index in [1.807, 2.05) is 13.8 Å². The van der Waals surface area contributed by atoms with Gasteiger partial charge in [0.2, 0.25) is 10.0 Å². The Balaban J connectivity index is 1.84. The Morgan fingerprint density at radius 3 is 2.56 bits per heavy atom. The van der Waals surface area contributed by atoms with Gasteiger partial charge in [0.05, 0.1) is 31.1 Å². The summed E-state index contributed by atoms with van der Waals surface area (Å²) in [5.74, 6) is -1.01. The van der Waals surface area contributed by atoms with E-state index in [2.05, 4.69) is 10.6 Å². The minimum Gasteiger partial charge on any atom is -0.335 e. The predicted octanol–water partition coefficient (Wildman–Crippen LogP) is -0.661. The molecule has 0 spiro atoms. The number of piperazine rings is 1. The number of imide groups is 1. The summed E-state index contributed by atoms with van der Waals surface area (Å²) < 4.78 is 39.7. The van der Waals surface area contributed by atoms with E-state index in [9.17, 15) is 22.4 Å². The molecular formula is C17H26FN4O4S+. The van der Waals surface area contributed by atoms with Crippen molar-refractivity contribution in [1.82, 2.24) is 14.9 Å². The Morgan fingerprint density at radius 2 is 1.96 bits per heavy atom. The number of nitrogens with zero attached hydrogens (tertiary/aromatic N) is 1. The van der Waals surface area contributed by atoms with Crippen LogP contribution in [0.2, 0.25) is 0 Å².